The average molecular weight is 447 g/mol. The van der Waals surface area contributed by atoms with Crippen molar-refractivity contribution >= 4 is 23.2 Å². The molecule has 0 bridgehead atoms. The van der Waals surface area contributed by atoms with Gasteiger partial charge in [-0.2, -0.15) is 0 Å². The summed E-state index contributed by atoms with van der Waals surface area (Å²) in [7, 11) is 1.43. The predicted molar refractivity (Wildman–Crippen MR) is 126 cm³/mol. The molecule has 0 saturated carbocycles. The predicted octanol–water partition coefficient (Wildman–Crippen LogP) is 4.44. The number of benzene rings is 2. The van der Waals surface area contributed by atoms with E-state index in [4.69, 9.17) is 4.74 Å². The topological polar surface area (TPSA) is 97.6 Å². The van der Waals surface area contributed by atoms with Crippen LogP contribution in [0, 0.1) is 16.0 Å². The van der Waals surface area contributed by atoms with E-state index in [1.807, 2.05) is 54.6 Å². The highest BCUT2D eigenvalue weighted by atomic mass is 16.6. The summed E-state index contributed by atoms with van der Waals surface area (Å²) in [6, 6.07) is 20.5. The number of esters is 1. The minimum atomic E-state index is -0.434. The summed E-state index contributed by atoms with van der Waals surface area (Å²) in [6.45, 7) is 2.50. The third-order valence-corrected chi connectivity index (χ3v) is 5.88. The molecule has 1 fully saturated rings. The quantitative estimate of drug-likeness (QED) is 0.310. The zero-order chi connectivity index (χ0) is 23.2. The monoisotopic (exact) mass is 446 g/mol. The van der Waals surface area contributed by atoms with Gasteiger partial charge in [0.1, 0.15) is 0 Å². The number of nitro groups is 1. The Kier molecular flexibility index (Phi) is 6.95. The highest BCUT2D eigenvalue weighted by Crippen LogP contribution is 2.29. The van der Waals surface area contributed by atoms with Gasteiger partial charge in [-0.15, -0.1) is 0 Å². The van der Waals surface area contributed by atoms with Crippen molar-refractivity contribution in [3.8, 4) is 11.3 Å². The summed E-state index contributed by atoms with van der Waals surface area (Å²) in [5.74, 6) is 0.0449. The molecule has 1 aromatic heterocycles. The first-order valence-corrected chi connectivity index (χ1v) is 10.9. The third-order valence-electron chi connectivity index (χ3n) is 5.88. The first-order valence-electron chi connectivity index (χ1n) is 10.9. The number of carbonyl (C=O) groups excluding carboxylic acids is 1. The number of hydrogen-bond donors (Lipinski definition) is 1. The van der Waals surface area contributed by atoms with Gasteiger partial charge >= 0.3 is 11.7 Å². The van der Waals surface area contributed by atoms with Gasteiger partial charge in [-0.05, 0) is 43.1 Å². The molecule has 1 atom stereocenters. The number of nitrogens with zero attached hydrogens (tertiary/aromatic N) is 3. The summed E-state index contributed by atoms with van der Waals surface area (Å²) in [5.41, 5.74) is 3.36. The van der Waals surface area contributed by atoms with Crippen LogP contribution in [-0.2, 0) is 16.0 Å². The van der Waals surface area contributed by atoms with Crippen LogP contribution in [0.2, 0.25) is 0 Å². The summed E-state index contributed by atoms with van der Waals surface area (Å²) in [4.78, 5) is 29.5. The second-order valence-corrected chi connectivity index (χ2v) is 8.07. The number of aromatic nitrogens is 1. The van der Waals surface area contributed by atoms with E-state index < -0.39 is 4.92 Å². The van der Waals surface area contributed by atoms with Gasteiger partial charge in [0, 0.05) is 30.4 Å². The van der Waals surface area contributed by atoms with E-state index in [1.165, 1.54) is 13.2 Å². The van der Waals surface area contributed by atoms with Crippen LogP contribution in [0.15, 0.2) is 66.7 Å². The van der Waals surface area contributed by atoms with E-state index in [-0.39, 0.29) is 23.4 Å². The Hall–Kier alpha value is -3.78. The van der Waals surface area contributed by atoms with Crippen LogP contribution in [0.3, 0.4) is 0 Å². The maximum atomic E-state index is 11.7. The standard InChI is InChI=1S/C25H26N4O4/c1-33-25(30)20-14-16-28(17-20)15-13-18-7-9-21(10-8-18)26-24-23(29(31)32)12-11-22(27-24)19-5-3-2-4-6-19/h2-12,20H,13-17H2,1H3,(H,26,27). The van der Waals surface area contributed by atoms with Crippen molar-refractivity contribution in [3.63, 3.8) is 0 Å². The molecule has 4 rings (SSSR count). The van der Waals surface area contributed by atoms with Crippen molar-refractivity contribution in [1.29, 1.82) is 0 Å². The summed E-state index contributed by atoms with van der Waals surface area (Å²) >= 11 is 0. The molecule has 33 heavy (non-hydrogen) atoms. The number of carbonyl (C=O) groups is 1. The number of ether oxygens (including phenoxy) is 1. The number of anilines is 2. The number of pyridine rings is 1. The molecule has 8 nitrogen and oxygen atoms in total. The zero-order valence-electron chi connectivity index (χ0n) is 18.4. The number of rotatable bonds is 8. The van der Waals surface area contributed by atoms with Crippen LogP contribution in [0.5, 0.6) is 0 Å². The first kappa shape index (κ1) is 22.4. The molecule has 0 spiro atoms. The first-order chi connectivity index (χ1) is 16.0. The molecule has 1 aliphatic rings. The molecule has 170 valence electrons. The second-order valence-electron chi connectivity index (χ2n) is 8.07. The Bertz CT molecular complexity index is 1120. The summed E-state index contributed by atoms with van der Waals surface area (Å²) in [5, 5.41) is 14.6. The molecule has 0 radical (unpaired) electrons. The Balaban J connectivity index is 1.41. The van der Waals surface area contributed by atoms with Crippen molar-refractivity contribution < 1.29 is 14.5 Å². The molecule has 0 aliphatic carbocycles. The van der Waals surface area contributed by atoms with Crippen LogP contribution in [0.4, 0.5) is 17.2 Å². The van der Waals surface area contributed by atoms with Crippen molar-refractivity contribution in [2.24, 2.45) is 5.92 Å². The SMILES string of the molecule is COC(=O)C1CCN(CCc2ccc(Nc3nc(-c4ccccc4)ccc3[N+](=O)[O-])cc2)C1. The van der Waals surface area contributed by atoms with E-state index >= 15 is 0 Å². The molecule has 0 amide bonds. The number of hydrogen-bond acceptors (Lipinski definition) is 7. The lowest BCUT2D eigenvalue weighted by Crippen LogP contribution is -2.25. The lowest BCUT2D eigenvalue weighted by Gasteiger charge is -2.15. The fourth-order valence-electron chi connectivity index (χ4n) is 4.03. The molecule has 1 N–H and O–H groups in total. The van der Waals surface area contributed by atoms with Gasteiger partial charge in [0.15, 0.2) is 0 Å². The molecular weight excluding hydrogens is 420 g/mol. The highest BCUT2D eigenvalue weighted by Gasteiger charge is 2.28. The smallest absolute Gasteiger partial charge is 0.311 e. The molecule has 3 aromatic rings. The number of nitrogens with one attached hydrogen (secondary N) is 1. The van der Waals surface area contributed by atoms with Crippen LogP contribution in [0.25, 0.3) is 11.3 Å². The second kappa shape index (κ2) is 10.2. The lowest BCUT2D eigenvalue weighted by atomic mass is 10.1. The molecule has 2 aromatic carbocycles. The molecule has 1 saturated heterocycles. The number of methoxy groups -OCH3 is 1. The van der Waals surface area contributed by atoms with E-state index in [0.29, 0.717) is 5.69 Å². The molecular formula is C25H26N4O4. The van der Waals surface area contributed by atoms with Crippen molar-refractivity contribution in [1.82, 2.24) is 9.88 Å². The fourth-order valence-corrected chi connectivity index (χ4v) is 4.03. The van der Waals surface area contributed by atoms with Crippen molar-refractivity contribution in [3.05, 3.63) is 82.4 Å². The molecule has 1 aliphatic heterocycles. The van der Waals surface area contributed by atoms with Gasteiger partial charge in [-0.1, -0.05) is 42.5 Å². The zero-order valence-corrected chi connectivity index (χ0v) is 18.4. The minimum absolute atomic E-state index is 0.0310. The largest absolute Gasteiger partial charge is 0.469 e. The van der Waals surface area contributed by atoms with Crippen molar-refractivity contribution in [2.75, 3.05) is 32.1 Å². The van der Waals surface area contributed by atoms with E-state index in [2.05, 4.69) is 15.2 Å². The van der Waals surface area contributed by atoms with Gasteiger partial charge < -0.3 is 15.0 Å². The van der Waals surface area contributed by atoms with Crippen LogP contribution in [0.1, 0.15) is 12.0 Å². The summed E-state index contributed by atoms with van der Waals surface area (Å²) < 4.78 is 4.84. The van der Waals surface area contributed by atoms with Crippen LogP contribution < -0.4 is 5.32 Å². The highest BCUT2D eigenvalue weighted by molar-refractivity contribution is 5.73. The molecule has 1 unspecified atom stereocenters. The maximum absolute atomic E-state index is 11.7. The Labute approximate surface area is 192 Å². The Morgan fingerprint density at radius 2 is 1.91 bits per heavy atom. The minimum Gasteiger partial charge on any atom is -0.469 e. The van der Waals surface area contributed by atoms with Gasteiger partial charge in [0.25, 0.3) is 0 Å². The molecule has 2 heterocycles. The van der Waals surface area contributed by atoms with Gasteiger partial charge in [-0.3, -0.25) is 14.9 Å². The Morgan fingerprint density at radius 3 is 2.61 bits per heavy atom. The molecule has 8 heteroatoms. The lowest BCUT2D eigenvalue weighted by molar-refractivity contribution is -0.384. The third kappa shape index (κ3) is 5.53. The van der Waals surface area contributed by atoms with E-state index in [9.17, 15) is 14.9 Å². The Morgan fingerprint density at radius 1 is 1.15 bits per heavy atom. The van der Waals surface area contributed by atoms with E-state index in [0.717, 1.165) is 49.3 Å². The van der Waals surface area contributed by atoms with E-state index in [1.54, 1.807) is 6.07 Å². The van der Waals surface area contributed by atoms with Gasteiger partial charge in [0.05, 0.1) is 23.6 Å². The van der Waals surface area contributed by atoms with Gasteiger partial charge in [-0.25, -0.2) is 4.98 Å². The van der Waals surface area contributed by atoms with Crippen LogP contribution >= 0.6 is 0 Å². The van der Waals surface area contributed by atoms with Crippen molar-refractivity contribution in [2.45, 2.75) is 12.8 Å². The van der Waals surface area contributed by atoms with Gasteiger partial charge in [0.2, 0.25) is 5.82 Å². The fraction of sp³-hybridized carbons (Fsp3) is 0.280. The number of likely N-dealkylation sites (tertiary alicyclic amines) is 1. The summed E-state index contributed by atoms with van der Waals surface area (Å²) in [6.07, 6.45) is 1.69. The van der Waals surface area contributed by atoms with Crippen LogP contribution in [-0.4, -0.2) is 47.5 Å². The maximum Gasteiger partial charge on any atom is 0.311 e. The normalized spacial score (nSPS) is 15.8. The average Bonchev–Trinajstić information content (AvgIpc) is 3.32.